The maximum Gasteiger partial charge on any atom is -0.00262 e. The van der Waals surface area contributed by atoms with Gasteiger partial charge in [0, 0.05) is 0 Å². The highest BCUT2D eigenvalue weighted by Crippen LogP contribution is 2.44. The van der Waals surface area contributed by atoms with Gasteiger partial charge < -0.3 is 0 Å². The second-order valence-corrected chi connectivity index (χ2v) is 8.80. The minimum atomic E-state index is 1.22. The molecule has 0 heterocycles. The number of hydrogen-bond donors (Lipinski definition) is 0. The van der Waals surface area contributed by atoms with E-state index in [9.17, 15) is 0 Å². The van der Waals surface area contributed by atoms with Gasteiger partial charge in [0.25, 0.3) is 0 Å². The van der Waals surface area contributed by atoms with E-state index in [-0.39, 0.29) is 0 Å². The third-order valence-electron chi connectivity index (χ3n) is 6.40. The predicted octanol–water partition coefficient (Wildman–Crippen LogP) is 9.86. The van der Waals surface area contributed by atoms with Crippen LogP contribution >= 0.6 is 0 Å². The van der Waals surface area contributed by atoms with E-state index in [1.807, 2.05) is 12.2 Å². The van der Waals surface area contributed by atoms with Gasteiger partial charge in [-0.25, -0.2) is 0 Å². The zero-order valence-electron chi connectivity index (χ0n) is 19.8. The standard InChI is InChI=1S/C34H28/c1-4-5-18-28(24(2)3)27-21-22-31-32(23-27)34(26-16-10-7-11-17-26)30-20-13-12-19-29(30)33(31)25-14-8-6-9-15-25/h4-23H,1H2,2-3H3/b18-5-. The van der Waals surface area contributed by atoms with Gasteiger partial charge in [-0.1, -0.05) is 127 Å². The van der Waals surface area contributed by atoms with E-state index in [1.54, 1.807) is 0 Å². The van der Waals surface area contributed by atoms with E-state index in [2.05, 4.69) is 130 Å². The first-order valence-electron chi connectivity index (χ1n) is 11.8. The molecular weight excluding hydrogens is 408 g/mol. The number of fused-ring (bicyclic) bond motifs is 2. The van der Waals surface area contributed by atoms with Gasteiger partial charge in [-0.05, 0) is 74.8 Å². The maximum atomic E-state index is 3.86. The van der Waals surface area contributed by atoms with Crippen LogP contribution in [-0.4, -0.2) is 0 Å². The van der Waals surface area contributed by atoms with Crippen molar-refractivity contribution < 1.29 is 0 Å². The van der Waals surface area contributed by atoms with Crippen molar-refractivity contribution in [3.05, 3.63) is 139 Å². The van der Waals surface area contributed by atoms with Crippen molar-refractivity contribution in [1.29, 1.82) is 0 Å². The average molecular weight is 437 g/mol. The van der Waals surface area contributed by atoms with E-state index < -0.39 is 0 Å². The number of rotatable bonds is 5. The molecule has 0 atom stereocenters. The van der Waals surface area contributed by atoms with E-state index in [1.165, 1.54) is 60.5 Å². The summed E-state index contributed by atoms with van der Waals surface area (Å²) in [5, 5.41) is 5.10. The molecule has 0 aliphatic heterocycles. The Hall–Kier alpha value is -4.16. The highest BCUT2D eigenvalue weighted by Gasteiger charge is 2.17. The molecule has 5 aromatic carbocycles. The fourth-order valence-corrected chi connectivity index (χ4v) is 4.89. The molecule has 0 aliphatic carbocycles. The molecule has 5 aromatic rings. The average Bonchev–Trinajstić information content (AvgIpc) is 2.88. The van der Waals surface area contributed by atoms with Gasteiger partial charge >= 0.3 is 0 Å². The number of hydrogen-bond acceptors (Lipinski definition) is 0. The summed E-state index contributed by atoms with van der Waals surface area (Å²) in [6.45, 7) is 8.19. The molecule has 0 N–H and O–H groups in total. The minimum absolute atomic E-state index is 1.22. The molecule has 0 bridgehead atoms. The zero-order valence-corrected chi connectivity index (χ0v) is 19.8. The predicted molar refractivity (Wildman–Crippen MR) is 150 cm³/mol. The normalized spacial score (nSPS) is 11.2. The third-order valence-corrected chi connectivity index (χ3v) is 6.40. The van der Waals surface area contributed by atoms with Crippen LogP contribution in [0.2, 0.25) is 0 Å². The molecule has 0 unspecified atom stereocenters. The van der Waals surface area contributed by atoms with Crippen LogP contribution in [0.1, 0.15) is 19.4 Å². The van der Waals surface area contributed by atoms with Crippen LogP contribution in [0.3, 0.4) is 0 Å². The van der Waals surface area contributed by atoms with E-state index in [0.717, 1.165) is 0 Å². The Kier molecular flexibility index (Phi) is 5.97. The summed E-state index contributed by atoms with van der Waals surface area (Å²) in [5.41, 5.74) is 8.78. The van der Waals surface area contributed by atoms with Gasteiger partial charge in [-0.15, -0.1) is 0 Å². The summed E-state index contributed by atoms with van der Waals surface area (Å²) in [7, 11) is 0. The van der Waals surface area contributed by atoms with Crippen molar-refractivity contribution in [1.82, 2.24) is 0 Å². The summed E-state index contributed by atoms with van der Waals surface area (Å²) >= 11 is 0. The zero-order chi connectivity index (χ0) is 23.5. The lowest BCUT2D eigenvalue weighted by molar-refractivity contribution is 1.39. The molecular formula is C34H28. The van der Waals surface area contributed by atoms with Gasteiger partial charge in [0.2, 0.25) is 0 Å². The molecule has 0 spiro atoms. The van der Waals surface area contributed by atoms with Gasteiger partial charge in [-0.2, -0.15) is 0 Å². The Morgan fingerprint density at radius 1 is 0.588 bits per heavy atom. The van der Waals surface area contributed by atoms with Gasteiger partial charge in [0.05, 0.1) is 0 Å². The van der Waals surface area contributed by atoms with Crippen molar-refractivity contribution in [3.63, 3.8) is 0 Å². The molecule has 5 rings (SSSR count). The quantitative estimate of drug-likeness (QED) is 0.190. The molecule has 0 nitrogen and oxygen atoms in total. The van der Waals surface area contributed by atoms with Crippen molar-refractivity contribution in [2.75, 3.05) is 0 Å². The largest absolute Gasteiger partial charge is 0.0991 e. The molecule has 0 saturated carbocycles. The van der Waals surface area contributed by atoms with Crippen molar-refractivity contribution in [3.8, 4) is 22.3 Å². The summed E-state index contributed by atoms with van der Waals surface area (Å²) in [6, 6.07) is 37.3. The van der Waals surface area contributed by atoms with Crippen LogP contribution in [0.4, 0.5) is 0 Å². The lowest BCUT2D eigenvalue weighted by Gasteiger charge is -2.19. The first-order chi connectivity index (χ1) is 16.7. The van der Waals surface area contributed by atoms with Crippen molar-refractivity contribution >= 4 is 27.1 Å². The summed E-state index contributed by atoms with van der Waals surface area (Å²) in [5.74, 6) is 0. The lowest BCUT2D eigenvalue weighted by atomic mass is 9.84. The van der Waals surface area contributed by atoms with E-state index in [4.69, 9.17) is 0 Å². The van der Waals surface area contributed by atoms with Crippen LogP contribution in [0.25, 0.3) is 49.4 Å². The van der Waals surface area contributed by atoms with E-state index >= 15 is 0 Å². The molecule has 0 saturated heterocycles. The first-order valence-corrected chi connectivity index (χ1v) is 11.8. The Morgan fingerprint density at radius 2 is 1.09 bits per heavy atom. The minimum Gasteiger partial charge on any atom is -0.0991 e. The van der Waals surface area contributed by atoms with Gasteiger partial charge in [0.1, 0.15) is 0 Å². The van der Waals surface area contributed by atoms with Crippen LogP contribution in [0.5, 0.6) is 0 Å². The monoisotopic (exact) mass is 436 g/mol. The van der Waals surface area contributed by atoms with Crippen LogP contribution in [0.15, 0.2) is 134 Å². The SMILES string of the molecule is C=C/C=C\C(=C(C)C)c1ccc2c(-c3ccccc3)c3ccccc3c(-c3ccccc3)c2c1. The lowest BCUT2D eigenvalue weighted by Crippen LogP contribution is -1.93. The Morgan fingerprint density at radius 3 is 1.62 bits per heavy atom. The molecule has 0 heteroatoms. The number of allylic oxidation sites excluding steroid dienone is 5. The second kappa shape index (κ2) is 9.37. The molecule has 0 fully saturated rings. The van der Waals surface area contributed by atoms with Crippen LogP contribution < -0.4 is 0 Å². The highest BCUT2D eigenvalue weighted by molar-refractivity contribution is 6.21. The third kappa shape index (κ3) is 3.89. The molecule has 34 heavy (non-hydrogen) atoms. The fraction of sp³-hybridized carbons (Fsp3) is 0.0588. The van der Waals surface area contributed by atoms with Crippen LogP contribution in [-0.2, 0) is 0 Å². The Balaban J connectivity index is 1.96. The Labute approximate surface area is 202 Å². The smallest absolute Gasteiger partial charge is 0.00262 e. The number of benzene rings is 5. The summed E-state index contributed by atoms with van der Waals surface area (Å²) < 4.78 is 0. The summed E-state index contributed by atoms with van der Waals surface area (Å²) in [4.78, 5) is 0. The van der Waals surface area contributed by atoms with Gasteiger partial charge in [0.15, 0.2) is 0 Å². The van der Waals surface area contributed by atoms with Crippen molar-refractivity contribution in [2.24, 2.45) is 0 Å². The highest BCUT2D eigenvalue weighted by atomic mass is 14.2. The van der Waals surface area contributed by atoms with E-state index in [0.29, 0.717) is 0 Å². The molecule has 0 radical (unpaired) electrons. The Bertz CT molecular complexity index is 1540. The second-order valence-electron chi connectivity index (χ2n) is 8.80. The van der Waals surface area contributed by atoms with Crippen molar-refractivity contribution in [2.45, 2.75) is 13.8 Å². The molecule has 0 amide bonds. The first kappa shape index (κ1) is 21.7. The van der Waals surface area contributed by atoms with Gasteiger partial charge in [-0.3, -0.25) is 0 Å². The maximum absolute atomic E-state index is 3.86. The topological polar surface area (TPSA) is 0 Å². The fourth-order valence-electron chi connectivity index (χ4n) is 4.89. The van der Waals surface area contributed by atoms with Crippen LogP contribution in [0, 0.1) is 0 Å². The molecule has 164 valence electrons. The molecule has 0 aromatic heterocycles. The summed E-state index contributed by atoms with van der Waals surface area (Å²) in [6.07, 6.45) is 6.01. The molecule has 0 aliphatic rings.